The minimum absolute atomic E-state index is 0.0263. The van der Waals surface area contributed by atoms with Gasteiger partial charge in [0.25, 0.3) is 5.56 Å². The third-order valence-electron chi connectivity index (χ3n) is 5.14. The van der Waals surface area contributed by atoms with Crippen LogP contribution in [0.5, 0.6) is 0 Å². The van der Waals surface area contributed by atoms with Crippen molar-refractivity contribution in [3.8, 4) is 0 Å². The average molecular weight is 422 g/mol. The van der Waals surface area contributed by atoms with Gasteiger partial charge in [-0.2, -0.15) is 4.98 Å². The zero-order chi connectivity index (χ0) is 22.0. The number of hydrogen-bond donors (Lipinski definition) is 2. The Kier molecular flexibility index (Phi) is 5.63. The summed E-state index contributed by atoms with van der Waals surface area (Å²) in [5.41, 5.74) is 1.45. The highest BCUT2D eigenvalue weighted by atomic mass is 16.6. The molecule has 1 aliphatic rings. The van der Waals surface area contributed by atoms with Crippen LogP contribution < -0.4 is 16.2 Å². The summed E-state index contributed by atoms with van der Waals surface area (Å²) in [5.74, 6) is 0.415. The van der Waals surface area contributed by atoms with E-state index in [-0.39, 0.29) is 11.6 Å². The van der Waals surface area contributed by atoms with Gasteiger partial charge in [-0.15, -0.1) is 0 Å². The van der Waals surface area contributed by atoms with Crippen molar-refractivity contribution in [3.05, 3.63) is 52.9 Å². The molecule has 1 aromatic carbocycles. The predicted octanol–water partition coefficient (Wildman–Crippen LogP) is 5.00. The molecule has 1 aliphatic carbocycles. The van der Waals surface area contributed by atoms with Gasteiger partial charge >= 0.3 is 6.09 Å². The van der Waals surface area contributed by atoms with Crippen molar-refractivity contribution in [2.75, 3.05) is 10.6 Å². The lowest BCUT2D eigenvalue weighted by Gasteiger charge is -2.19. The third-order valence-corrected chi connectivity index (χ3v) is 5.14. The van der Waals surface area contributed by atoms with E-state index in [0.717, 1.165) is 36.8 Å². The van der Waals surface area contributed by atoms with Gasteiger partial charge in [0, 0.05) is 35.1 Å². The Morgan fingerprint density at radius 3 is 2.42 bits per heavy atom. The lowest BCUT2D eigenvalue weighted by Crippen LogP contribution is -2.27. The molecule has 3 aromatic rings. The Labute approximate surface area is 180 Å². The maximum absolute atomic E-state index is 12.5. The summed E-state index contributed by atoms with van der Waals surface area (Å²) in [6, 6.07) is 10.7. The number of pyridine rings is 1. The van der Waals surface area contributed by atoms with Crippen molar-refractivity contribution in [1.29, 1.82) is 0 Å². The van der Waals surface area contributed by atoms with Crippen LogP contribution in [0.25, 0.3) is 11.0 Å². The minimum Gasteiger partial charge on any atom is -0.444 e. The molecule has 0 atom stereocenters. The molecule has 0 saturated heterocycles. The number of fused-ring (bicyclic) bond motifs is 1. The van der Waals surface area contributed by atoms with Crippen molar-refractivity contribution in [2.45, 2.75) is 58.1 Å². The van der Waals surface area contributed by atoms with Crippen molar-refractivity contribution >= 4 is 34.4 Å². The first-order valence-corrected chi connectivity index (χ1v) is 10.5. The SMILES string of the molecule is CC(C)(C)OC(=O)Nc1ccc(Nc2ncc3ccc(=O)n(C4CCCC4)c3n2)cc1. The van der Waals surface area contributed by atoms with Crippen LogP contribution in [0.4, 0.5) is 22.1 Å². The molecule has 162 valence electrons. The number of anilines is 3. The summed E-state index contributed by atoms with van der Waals surface area (Å²) >= 11 is 0. The predicted molar refractivity (Wildman–Crippen MR) is 121 cm³/mol. The van der Waals surface area contributed by atoms with Crippen LogP contribution in [0.15, 0.2) is 47.4 Å². The topological polar surface area (TPSA) is 98.1 Å². The number of hydrogen-bond acceptors (Lipinski definition) is 6. The maximum Gasteiger partial charge on any atom is 0.412 e. The second kappa shape index (κ2) is 8.37. The third kappa shape index (κ3) is 5.02. The molecule has 2 aromatic heterocycles. The Morgan fingerprint density at radius 2 is 1.74 bits per heavy atom. The van der Waals surface area contributed by atoms with Crippen molar-refractivity contribution in [1.82, 2.24) is 14.5 Å². The quantitative estimate of drug-likeness (QED) is 0.615. The van der Waals surface area contributed by atoms with Crippen LogP contribution in [0.3, 0.4) is 0 Å². The molecule has 31 heavy (non-hydrogen) atoms. The van der Waals surface area contributed by atoms with E-state index in [4.69, 9.17) is 4.74 Å². The smallest absolute Gasteiger partial charge is 0.412 e. The van der Waals surface area contributed by atoms with E-state index in [9.17, 15) is 9.59 Å². The lowest BCUT2D eigenvalue weighted by molar-refractivity contribution is 0.0636. The fourth-order valence-electron chi connectivity index (χ4n) is 3.80. The van der Waals surface area contributed by atoms with Crippen LogP contribution in [-0.4, -0.2) is 26.2 Å². The van der Waals surface area contributed by atoms with E-state index in [2.05, 4.69) is 20.6 Å². The van der Waals surface area contributed by atoms with Gasteiger partial charge < -0.3 is 10.1 Å². The van der Waals surface area contributed by atoms with Gasteiger partial charge in [0.1, 0.15) is 11.2 Å². The highest BCUT2D eigenvalue weighted by molar-refractivity contribution is 5.85. The summed E-state index contributed by atoms with van der Waals surface area (Å²) in [5, 5.41) is 6.71. The first kappa shape index (κ1) is 20.8. The zero-order valence-corrected chi connectivity index (χ0v) is 18.0. The van der Waals surface area contributed by atoms with E-state index in [1.54, 1.807) is 30.5 Å². The Morgan fingerprint density at radius 1 is 1.06 bits per heavy atom. The number of carbonyl (C=O) groups is 1. The number of aromatic nitrogens is 3. The molecular formula is C23H27N5O3. The highest BCUT2D eigenvalue weighted by Gasteiger charge is 2.21. The van der Waals surface area contributed by atoms with Gasteiger partial charge in [-0.25, -0.2) is 9.78 Å². The monoisotopic (exact) mass is 421 g/mol. The van der Waals surface area contributed by atoms with E-state index >= 15 is 0 Å². The largest absolute Gasteiger partial charge is 0.444 e. The number of nitrogens with zero attached hydrogens (tertiary/aromatic N) is 3. The van der Waals surface area contributed by atoms with Gasteiger partial charge in [0.15, 0.2) is 0 Å². The highest BCUT2D eigenvalue weighted by Crippen LogP contribution is 2.30. The molecule has 0 radical (unpaired) electrons. The van der Waals surface area contributed by atoms with E-state index < -0.39 is 11.7 Å². The Bertz CT molecular complexity index is 1140. The standard InChI is InChI=1S/C23H27N5O3/c1-23(2,3)31-22(30)26-17-11-9-16(10-12-17)25-21-24-14-15-8-13-19(29)28(20(15)27-21)18-6-4-5-7-18/h8-14,18H,4-7H2,1-3H3,(H,26,30)(H,24,25,27). The summed E-state index contributed by atoms with van der Waals surface area (Å²) < 4.78 is 7.07. The fraction of sp³-hybridized carbons (Fsp3) is 0.391. The summed E-state index contributed by atoms with van der Waals surface area (Å²) in [6.45, 7) is 5.44. The number of nitrogens with one attached hydrogen (secondary N) is 2. The van der Waals surface area contributed by atoms with Crippen molar-refractivity contribution in [3.63, 3.8) is 0 Å². The average Bonchev–Trinajstić information content (AvgIpc) is 3.22. The zero-order valence-electron chi connectivity index (χ0n) is 18.0. The molecule has 2 heterocycles. The normalized spacial score (nSPS) is 14.5. The van der Waals surface area contributed by atoms with Crippen LogP contribution in [0, 0.1) is 0 Å². The van der Waals surface area contributed by atoms with E-state index in [1.807, 2.05) is 37.5 Å². The first-order chi connectivity index (χ1) is 14.8. The molecule has 0 bridgehead atoms. The number of ether oxygens (including phenoxy) is 1. The Hall–Kier alpha value is -3.42. The summed E-state index contributed by atoms with van der Waals surface area (Å²) in [6.07, 6.45) is 5.49. The molecule has 1 amide bonds. The fourth-order valence-corrected chi connectivity index (χ4v) is 3.80. The van der Waals surface area contributed by atoms with Crippen LogP contribution in [-0.2, 0) is 4.74 Å². The van der Waals surface area contributed by atoms with E-state index in [0.29, 0.717) is 17.3 Å². The van der Waals surface area contributed by atoms with Gasteiger partial charge in [-0.3, -0.25) is 14.7 Å². The molecule has 1 fully saturated rings. The molecule has 8 nitrogen and oxygen atoms in total. The van der Waals surface area contributed by atoms with Crippen LogP contribution >= 0.6 is 0 Å². The number of rotatable bonds is 4. The molecule has 0 unspecified atom stereocenters. The molecule has 8 heteroatoms. The molecule has 4 rings (SSSR count). The number of benzene rings is 1. The minimum atomic E-state index is -0.557. The van der Waals surface area contributed by atoms with Gasteiger partial charge in [0.05, 0.1) is 0 Å². The summed E-state index contributed by atoms with van der Waals surface area (Å²) in [7, 11) is 0. The molecule has 0 spiro atoms. The second-order valence-corrected chi connectivity index (χ2v) is 8.78. The van der Waals surface area contributed by atoms with E-state index in [1.165, 1.54) is 0 Å². The number of carbonyl (C=O) groups excluding carboxylic acids is 1. The van der Waals surface area contributed by atoms with Crippen molar-refractivity contribution < 1.29 is 9.53 Å². The second-order valence-electron chi connectivity index (χ2n) is 8.78. The lowest BCUT2D eigenvalue weighted by atomic mass is 10.2. The molecule has 0 aliphatic heterocycles. The Balaban J connectivity index is 1.53. The van der Waals surface area contributed by atoms with Gasteiger partial charge in [0.2, 0.25) is 5.95 Å². The van der Waals surface area contributed by atoms with Gasteiger partial charge in [-0.05, 0) is 63.9 Å². The summed E-state index contributed by atoms with van der Waals surface area (Å²) in [4.78, 5) is 33.5. The molecule has 1 saturated carbocycles. The maximum atomic E-state index is 12.5. The first-order valence-electron chi connectivity index (χ1n) is 10.5. The number of amides is 1. The van der Waals surface area contributed by atoms with Crippen LogP contribution in [0.2, 0.25) is 0 Å². The van der Waals surface area contributed by atoms with Crippen LogP contribution in [0.1, 0.15) is 52.5 Å². The van der Waals surface area contributed by atoms with Crippen molar-refractivity contribution in [2.24, 2.45) is 0 Å². The molecule has 2 N–H and O–H groups in total. The molecular weight excluding hydrogens is 394 g/mol. The van der Waals surface area contributed by atoms with Gasteiger partial charge in [-0.1, -0.05) is 12.8 Å².